The van der Waals surface area contributed by atoms with Gasteiger partial charge in [-0.3, -0.25) is 9.89 Å². The fourth-order valence-corrected chi connectivity index (χ4v) is 2.36. The van der Waals surface area contributed by atoms with Crippen LogP contribution in [0, 0.1) is 13.8 Å². The zero-order chi connectivity index (χ0) is 13.1. The van der Waals surface area contributed by atoms with Gasteiger partial charge in [0.25, 0.3) is 0 Å². The summed E-state index contributed by atoms with van der Waals surface area (Å²) in [5.74, 6) is 0.240. The fourth-order valence-electron chi connectivity index (χ4n) is 2.36. The van der Waals surface area contributed by atoms with E-state index < -0.39 is 0 Å². The highest BCUT2D eigenvalue weighted by molar-refractivity contribution is 5.85. The summed E-state index contributed by atoms with van der Waals surface area (Å²) in [5, 5.41) is 10.5. The predicted octanol–water partition coefficient (Wildman–Crippen LogP) is 1.62. The van der Waals surface area contributed by atoms with Gasteiger partial charge >= 0.3 is 0 Å². The molecule has 0 spiro atoms. The Hall–Kier alpha value is -0.780. The smallest absolute Gasteiger partial charge is 0.223 e. The summed E-state index contributed by atoms with van der Waals surface area (Å²) in [6.45, 7) is 8.76. The molecule has 1 unspecified atom stereocenters. The lowest BCUT2D eigenvalue weighted by molar-refractivity contribution is -0.133. The number of rotatable bonds is 3. The standard InChI is InChI=1S/C13H22N4O.2ClH/c1-9-8-14-6-7-17(9)13(18)5-4-12-10(2)11(3)15-16-12;;/h9,14H,4-8H2,1-3H3,(H,15,16);2*1H. The van der Waals surface area contributed by atoms with Crippen molar-refractivity contribution in [2.24, 2.45) is 0 Å². The minimum Gasteiger partial charge on any atom is -0.337 e. The summed E-state index contributed by atoms with van der Waals surface area (Å²) in [6.07, 6.45) is 1.28. The average Bonchev–Trinajstić information content (AvgIpc) is 2.68. The second kappa shape index (κ2) is 8.49. The summed E-state index contributed by atoms with van der Waals surface area (Å²) < 4.78 is 0. The lowest BCUT2D eigenvalue weighted by Gasteiger charge is -2.34. The Morgan fingerprint density at radius 1 is 1.40 bits per heavy atom. The number of aromatic amines is 1. The molecule has 0 aromatic carbocycles. The Morgan fingerprint density at radius 3 is 2.65 bits per heavy atom. The predicted molar refractivity (Wildman–Crippen MR) is 84.9 cm³/mol. The van der Waals surface area contributed by atoms with Gasteiger partial charge in [0.2, 0.25) is 5.91 Å². The van der Waals surface area contributed by atoms with Crippen molar-refractivity contribution < 1.29 is 4.79 Å². The summed E-state index contributed by atoms with van der Waals surface area (Å²) in [6, 6.07) is 0.299. The number of amides is 1. The summed E-state index contributed by atoms with van der Waals surface area (Å²) in [7, 11) is 0. The molecule has 1 aliphatic heterocycles. The maximum absolute atomic E-state index is 12.2. The first-order valence-corrected chi connectivity index (χ1v) is 6.60. The van der Waals surface area contributed by atoms with Gasteiger partial charge in [-0.05, 0) is 26.3 Å². The normalized spacial score (nSPS) is 18.1. The number of carbonyl (C=O) groups is 1. The van der Waals surface area contributed by atoms with Gasteiger partial charge in [0.1, 0.15) is 0 Å². The van der Waals surface area contributed by atoms with Crippen LogP contribution in [0.5, 0.6) is 0 Å². The molecule has 5 nitrogen and oxygen atoms in total. The van der Waals surface area contributed by atoms with Gasteiger partial charge < -0.3 is 10.2 Å². The van der Waals surface area contributed by atoms with Gasteiger partial charge in [-0.1, -0.05) is 0 Å². The molecule has 2 N–H and O–H groups in total. The molecule has 1 saturated heterocycles. The van der Waals surface area contributed by atoms with Crippen LogP contribution < -0.4 is 5.32 Å². The van der Waals surface area contributed by atoms with Crippen molar-refractivity contribution in [1.82, 2.24) is 20.4 Å². The van der Waals surface area contributed by atoms with E-state index in [2.05, 4.69) is 22.4 Å². The maximum Gasteiger partial charge on any atom is 0.223 e. The minimum atomic E-state index is 0. The first-order chi connectivity index (χ1) is 8.59. The van der Waals surface area contributed by atoms with Crippen LogP contribution in [0.2, 0.25) is 0 Å². The highest BCUT2D eigenvalue weighted by atomic mass is 35.5. The molecule has 7 heteroatoms. The number of piperazine rings is 1. The van der Waals surface area contributed by atoms with Crippen LogP contribution in [0.3, 0.4) is 0 Å². The lowest BCUT2D eigenvalue weighted by atomic mass is 10.1. The van der Waals surface area contributed by atoms with Gasteiger partial charge in [0.15, 0.2) is 0 Å². The van der Waals surface area contributed by atoms with Crippen molar-refractivity contribution in [3.8, 4) is 0 Å². The van der Waals surface area contributed by atoms with E-state index >= 15 is 0 Å². The second-order valence-corrected chi connectivity index (χ2v) is 5.06. The molecule has 1 amide bonds. The highest BCUT2D eigenvalue weighted by Gasteiger charge is 2.22. The highest BCUT2D eigenvalue weighted by Crippen LogP contribution is 2.12. The van der Waals surface area contributed by atoms with Gasteiger partial charge in [0, 0.05) is 44.2 Å². The van der Waals surface area contributed by atoms with E-state index in [4.69, 9.17) is 0 Å². The zero-order valence-electron chi connectivity index (χ0n) is 12.2. The topological polar surface area (TPSA) is 61.0 Å². The summed E-state index contributed by atoms with van der Waals surface area (Å²) >= 11 is 0. The fraction of sp³-hybridized carbons (Fsp3) is 0.692. The molecule has 0 saturated carbocycles. The lowest BCUT2D eigenvalue weighted by Crippen LogP contribution is -2.52. The molecule has 20 heavy (non-hydrogen) atoms. The molecular weight excluding hydrogens is 299 g/mol. The zero-order valence-corrected chi connectivity index (χ0v) is 13.9. The van der Waals surface area contributed by atoms with Crippen LogP contribution in [0.4, 0.5) is 0 Å². The van der Waals surface area contributed by atoms with Crippen molar-refractivity contribution in [1.29, 1.82) is 0 Å². The molecule has 1 aromatic rings. The van der Waals surface area contributed by atoms with E-state index in [9.17, 15) is 4.79 Å². The van der Waals surface area contributed by atoms with Gasteiger partial charge in [-0.2, -0.15) is 5.10 Å². The Labute approximate surface area is 132 Å². The number of H-pyrrole nitrogens is 1. The number of aryl methyl sites for hydroxylation is 2. The van der Waals surface area contributed by atoms with Crippen LogP contribution in [-0.2, 0) is 11.2 Å². The van der Waals surface area contributed by atoms with Crippen LogP contribution in [0.1, 0.15) is 30.3 Å². The summed E-state index contributed by atoms with van der Waals surface area (Å²) in [5.41, 5.74) is 3.28. The molecule has 2 rings (SSSR count). The average molecular weight is 323 g/mol. The van der Waals surface area contributed by atoms with Crippen molar-refractivity contribution in [2.75, 3.05) is 19.6 Å². The number of nitrogens with one attached hydrogen (secondary N) is 2. The minimum absolute atomic E-state index is 0. The SMILES string of the molecule is Cc1[nH]nc(CCC(=O)N2CCNCC2C)c1C.Cl.Cl. The van der Waals surface area contributed by atoms with Crippen LogP contribution >= 0.6 is 24.8 Å². The third kappa shape index (κ3) is 4.36. The Balaban J connectivity index is 0.00000180. The molecule has 0 radical (unpaired) electrons. The van der Waals surface area contributed by atoms with Crippen molar-refractivity contribution >= 4 is 30.7 Å². The van der Waals surface area contributed by atoms with E-state index in [0.717, 1.165) is 37.4 Å². The summed E-state index contributed by atoms with van der Waals surface area (Å²) in [4.78, 5) is 14.1. The molecule has 0 bridgehead atoms. The number of halogens is 2. The van der Waals surface area contributed by atoms with Crippen molar-refractivity contribution in [2.45, 2.75) is 39.7 Å². The largest absolute Gasteiger partial charge is 0.337 e. The second-order valence-electron chi connectivity index (χ2n) is 5.06. The molecule has 1 fully saturated rings. The van der Waals surface area contributed by atoms with E-state index in [1.165, 1.54) is 5.56 Å². The van der Waals surface area contributed by atoms with Crippen LogP contribution in [0.15, 0.2) is 0 Å². The molecule has 1 aliphatic rings. The number of hydrogen-bond donors (Lipinski definition) is 2. The van der Waals surface area contributed by atoms with E-state index in [1.807, 2.05) is 18.7 Å². The van der Waals surface area contributed by atoms with E-state index in [0.29, 0.717) is 12.5 Å². The van der Waals surface area contributed by atoms with Gasteiger partial charge in [0.05, 0.1) is 5.69 Å². The van der Waals surface area contributed by atoms with E-state index in [-0.39, 0.29) is 30.7 Å². The van der Waals surface area contributed by atoms with Crippen LogP contribution in [-0.4, -0.2) is 46.7 Å². The number of carbonyl (C=O) groups excluding carboxylic acids is 1. The molecular formula is C13H24Cl2N4O. The van der Waals surface area contributed by atoms with Gasteiger partial charge in [-0.15, -0.1) is 24.8 Å². The Kier molecular flexibility index (Phi) is 8.16. The first-order valence-electron chi connectivity index (χ1n) is 6.60. The van der Waals surface area contributed by atoms with Gasteiger partial charge in [-0.25, -0.2) is 0 Å². The molecule has 116 valence electrons. The van der Waals surface area contributed by atoms with Crippen molar-refractivity contribution in [3.05, 3.63) is 17.0 Å². The first kappa shape index (κ1) is 19.2. The third-order valence-electron chi connectivity index (χ3n) is 3.75. The van der Waals surface area contributed by atoms with Crippen LogP contribution in [0.25, 0.3) is 0 Å². The molecule has 0 aliphatic carbocycles. The third-order valence-corrected chi connectivity index (χ3v) is 3.75. The number of nitrogens with zero attached hydrogens (tertiary/aromatic N) is 2. The quantitative estimate of drug-likeness (QED) is 0.889. The Bertz CT molecular complexity index is 436. The Morgan fingerprint density at radius 2 is 2.10 bits per heavy atom. The monoisotopic (exact) mass is 322 g/mol. The van der Waals surface area contributed by atoms with Crippen molar-refractivity contribution in [3.63, 3.8) is 0 Å². The number of hydrogen-bond acceptors (Lipinski definition) is 3. The number of aromatic nitrogens is 2. The maximum atomic E-state index is 12.2. The van der Waals surface area contributed by atoms with E-state index in [1.54, 1.807) is 0 Å². The molecule has 1 aromatic heterocycles. The molecule has 1 atom stereocenters. The molecule has 2 heterocycles.